The van der Waals surface area contributed by atoms with Crippen LogP contribution in [0.15, 0.2) is 57.1 Å². The van der Waals surface area contributed by atoms with Crippen LogP contribution in [0.1, 0.15) is 21.6 Å². The fraction of sp³-hybridized carbons (Fsp3) is 0.200. The molecule has 0 saturated carbocycles. The second-order valence-electron chi connectivity index (χ2n) is 6.48. The number of thiazole rings is 1. The van der Waals surface area contributed by atoms with Crippen LogP contribution in [-0.2, 0) is 6.54 Å². The van der Waals surface area contributed by atoms with E-state index in [0.717, 1.165) is 5.69 Å². The zero-order valence-electron chi connectivity index (χ0n) is 16.5. The number of nitrogens with zero attached hydrogens (tertiary/aromatic N) is 3. The minimum atomic E-state index is -2.91. The lowest BCUT2D eigenvalue weighted by atomic mass is 10.1. The van der Waals surface area contributed by atoms with Crippen molar-refractivity contribution in [1.82, 2.24) is 9.88 Å². The number of hydrogen-bond acceptors (Lipinski definition) is 7. The number of amides is 1. The van der Waals surface area contributed by atoms with Crippen LogP contribution in [0.5, 0.6) is 5.75 Å². The number of rotatable bonds is 8. The van der Waals surface area contributed by atoms with Crippen LogP contribution < -0.4 is 4.74 Å². The molecule has 0 saturated heterocycles. The van der Waals surface area contributed by atoms with Gasteiger partial charge in [-0.15, -0.1) is 11.3 Å². The molecular weight excluding hydrogens is 448 g/mol. The molecule has 3 rings (SSSR count). The average Bonchev–Trinajstić information content (AvgIpc) is 3.13. The molecule has 0 bridgehead atoms. The molecule has 0 aliphatic rings. The van der Waals surface area contributed by atoms with Crippen LogP contribution >= 0.6 is 23.1 Å². The maximum Gasteiger partial charge on any atom is 0.387 e. The molecular formula is C20H17F2N3O4S2. The maximum atomic E-state index is 12.8. The molecule has 0 unspecified atom stereocenters. The van der Waals surface area contributed by atoms with Gasteiger partial charge < -0.3 is 9.64 Å². The third-order valence-corrected chi connectivity index (χ3v) is 6.23. The van der Waals surface area contributed by atoms with Crippen molar-refractivity contribution in [2.75, 3.05) is 7.05 Å². The van der Waals surface area contributed by atoms with Crippen molar-refractivity contribution in [3.05, 3.63) is 74.8 Å². The molecule has 1 amide bonds. The van der Waals surface area contributed by atoms with Gasteiger partial charge >= 0.3 is 6.61 Å². The average molecular weight is 466 g/mol. The van der Waals surface area contributed by atoms with E-state index in [-0.39, 0.29) is 23.5 Å². The Morgan fingerprint density at radius 1 is 1.29 bits per heavy atom. The zero-order chi connectivity index (χ0) is 22.5. The summed E-state index contributed by atoms with van der Waals surface area (Å²) in [5, 5.41) is 13.4. The fourth-order valence-corrected chi connectivity index (χ4v) is 4.57. The highest BCUT2D eigenvalue weighted by atomic mass is 32.2. The van der Waals surface area contributed by atoms with Gasteiger partial charge in [0.1, 0.15) is 5.75 Å². The summed E-state index contributed by atoms with van der Waals surface area (Å²) in [4.78, 5) is 29.9. The summed E-state index contributed by atoms with van der Waals surface area (Å²) in [6.07, 6.45) is 0. The van der Waals surface area contributed by atoms with Gasteiger partial charge in [0.15, 0.2) is 4.34 Å². The Morgan fingerprint density at radius 2 is 2.00 bits per heavy atom. The summed E-state index contributed by atoms with van der Waals surface area (Å²) >= 11 is 2.56. The molecule has 0 aliphatic heterocycles. The van der Waals surface area contributed by atoms with E-state index in [2.05, 4.69) is 9.72 Å². The Kier molecular flexibility index (Phi) is 7.18. The number of carbonyl (C=O) groups excluding carboxylic acids is 1. The standard InChI is InChI=1S/C20H17F2N3O4S2/c1-12-11-30-20(23-12)31-17-8-5-14(9-16(17)25(27)28)18(26)24(2)10-13-3-6-15(7-4-13)29-19(21)22/h3-9,11,19H,10H2,1-2H3. The minimum absolute atomic E-state index is 0.0202. The van der Waals surface area contributed by atoms with Gasteiger partial charge in [-0.2, -0.15) is 8.78 Å². The van der Waals surface area contributed by atoms with E-state index >= 15 is 0 Å². The largest absolute Gasteiger partial charge is 0.435 e. The third-order valence-electron chi connectivity index (χ3n) is 4.11. The number of hydrogen-bond donors (Lipinski definition) is 0. The first-order valence-electron chi connectivity index (χ1n) is 8.90. The van der Waals surface area contributed by atoms with Crippen molar-refractivity contribution in [2.45, 2.75) is 29.3 Å². The SMILES string of the molecule is Cc1csc(Sc2ccc(C(=O)N(C)Cc3ccc(OC(F)F)cc3)cc2[N+](=O)[O-])n1. The first-order chi connectivity index (χ1) is 14.7. The highest BCUT2D eigenvalue weighted by Crippen LogP contribution is 2.37. The first kappa shape index (κ1) is 22.6. The number of aryl methyl sites for hydroxylation is 1. The highest BCUT2D eigenvalue weighted by Gasteiger charge is 2.21. The lowest BCUT2D eigenvalue weighted by Crippen LogP contribution is -2.26. The van der Waals surface area contributed by atoms with Gasteiger partial charge in [-0.25, -0.2) is 4.98 Å². The Hall–Kier alpha value is -3.05. The number of carbonyl (C=O) groups is 1. The summed E-state index contributed by atoms with van der Waals surface area (Å²) in [5.41, 5.74) is 1.52. The summed E-state index contributed by atoms with van der Waals surface area (Å²) in [7, 11) is 1.55. The normalized spacial score (nSPS) is 10.9. The summed E-state index contributed by atoms with van der Waals surface area (Å²) in [6.45, 7) is -0.880. The van der Waals surface area contributed by atoms with Crippen molar-refractivity contribution in [3.63, 3.8) is 0 Å². The Bertz CT molecular complexity index is 1090. The van der Waals surface area contributed by atoms with E-state index in [1.165, 1.54) is 58.3 Å². The highest BCUT2D eigenvalue weighted by molar-refractivity contribution is 8.01. The van der Waals surface area contributed by atoms with Crippen LogP contribution in [0.25, 0.3) is 0 Å². The van der Waals surface area contributed by atoms with Gasteiger partial charge in [0, 0.05) is 36.3 Å². The predicted octanol–water partition coefficient (Wildman–Crippen LogP) is 5.38. The molecule has 0 spiro atoms. The molecule has 0 fully saturated rings. The second-order valence-corrected chi connectivity index (χ2v) is 8.63. The van der Waals surface area contributed by atoms with E-state index in [4.69, 9.17) is 0 Å². The van der Waals surface area contributed by atoms with Crippen molar-refractivity contribution in [2.24, 2.45) is 0 Å². The van der Waals surface area contributed by atoms with Gasteiger partial charge in [0.2, 0.25) is 0 Å². The van der Waals surface area contributed by atoms with E-state index in [0.29, 0.717) is 14.8 Å². The Morgan fingerprint density at radius 3 is 2.58 bits per heavy atom. The smallest absolute Gasteiger partial charge is 0.387 e. The number of nitro groups is 1. The van der Waals surface area contributed by atoms with E-state index in [1.807, 2.05) is 12.3 Å². The van der Waals surface area contributed by atoms with Gasteiger partial charge in [-0.3, -0.25) is 14.9 Å². The van der Waals surface area contributed by atoms with Gasteiger partial charge in [0.05, 0.1) is 9.82 Å². The molecule has 1 aromatic heterocycles. The molecule has 0 atom stereocenters. The first-order valence-corrected chi connectivity index (χ1v) is 10.6. The molecule has 0 aliphatic carbocycles. The lowest BCUT2D eigenvalue weighted by Gasteiger charge is -2.18. The summed E-state index contributed by atoms with van der Waals surface area (Å²) < 4.78 is 29.5. The van der Waals surface area contributed by atoms with Crippen LogP contribution in [-0.4, -0.2) is 34.4 Å². The molecule has 1 heterocycles. The number of ether oxygens (including phenoxy) is 1. The fourth-order valence-electron chi connectivity index (χ4n) is 2.70. The van der Waals surface area contributed by atoms with Crippen molar-refractivity contribution >= 4 is 34.7 Å². The van der Waals surface area contributed by atoms with E-state index in [1.54, 1.807) is 19.2 Å². The van der Waals surface area contributed by atoms with Gasteiger partial charge in [-0.1, -0.05) is 23.9 Å². The van der Waals surface area contributed by atoms with Crippen LogP contribution in [0.3, 0.4) is 0 Å². The monoisotopic (exact) mass is 465 g/mol. The third kappa shape index (κ3) is 5.98. The predicted molar refractivity (Wildman–Crippen MR) is 113 cm³/mol. The van der Waals surface area contributed by atoms with Crippen molar-refractivity contribution in [3.8, 4) is 5.75 Å². The Labute approximate surface area is 184 Å². The molecule has 0 radical (unpaired) electrons. The molecule has 2 aromatic carbocycles. The Balaban J connectivity index is 1.74. The molecule has 11 heteroatoms. The van der Waals surface area contributed by atoms with Crippen LogP contribution in [0.2, 0.25) is 0 Å². The van der Waals surface area contributed by atoms with Crippen molar-refractivity contribution < 1.29 is 23.2 Å². The minimum Gasteiger partial charge on any atom is -0.435 e. The molecule has 0 N–H and O–H groups in total. The number of benzene rings is 2. The van der Waals surface area contributed by atoms with Crippen molar-refractivity contribution in [1.29, 1.82) is 0 Å². The van der Waals surface area contributed by atoms with E-state index < -0.39 is 17.4 Å². The second kappa shape index (κ2) is 9.84. The number of aromatic nitrogens is 1. The number of halogens is 2. The lowest BCUT2D eigenvalue weighted by molar-refractivity contribution is -0.387. The summed E-state index contributed by atoms with van der Waals surface area (Å²) in [5.74, 6) is -0.385. The topological polar surface area (TPSA) is 85.6 Å². The number of alkyl halides is 2. The number of nitro benzene ring substituents is 1. The maximum absolute atomic E-state index is 12.8. The van der Waals surface area contributed by atoms with Gasteiger partial charge in [0.25, 0.3) is 11.6 Å². The zero-order valence-corrected chi connectivity index (χ0v) is 18.1. The van der Waals surface area contributed by atoms with E-state index in [9.17, 15) is 23.7 Å². The quantitative estimate of drug-likeness (QED) is 0.328. The molecule has 31 heavy (non-hydrogen) atoms. The summed E-state index contributed by atoms with van der Waals surface area (Å²) in [6, 6.07) is 10.2. The van der Waals surface area contributed by atoms with Gasteiger partial charge in [-0.05, 0) is 36.8 Å². The molecule has 7 nitrogen and oxygen atoms in total. The molecule has 162 valence electrons. The van der Waals surface area contributed by atoms with Crippen LogP contribution in [0.4, 0.5) is 14.5 Å². The van der Waals surface area contributed by atoms with Crippen LogP contribution in [0, 0.1) is 17.0 Å². The molecule has 3 aromatic rings.